The molecule has 0 bridgehead atoms. The van der Waals surface area contributed by atoms with Crippen LogP contribution in [-0.2, 0) is 0 Å². The second kappa shape index (κ2) is 7.34. The van der Waals surface area contributed by atoms with Gasteiger partial charge in [0.25, 0.3) is 0 Å². The minimum Gasteiger partial charge on any atom is -0.309 e. The van der Waals surface area contributed by atoms with Crippen LogP contribution in [0.3, 0.4) is 0 Å². The largest absolute Gasteiger partial charge is 0.309 e. The quantitative estimate of drug-likeness (QED) is 0.899. The van der Waals surface area contributed by atoms with Crippen LogP contribution in [0.4, 0.5) is 4.39 Å². The zero-order valence-electron chi connectivity index (χ0n) is 13.7. The molecule has 0 saturated carbocycles. The van der Waals surface area contributed by atoms with E-state index in [2.05, 4.69) is 42.2 Å². The average molecular weight is 293 g/mol. The van der Waals surface area contributed by atoms with Crippen LogP contribution >= 0.6 is 0 Å². The van der Waals surface area contributed by atoms with Crippen LogP contribution in [0.2, 0.25) is 0 Å². The van der Waals surface area contributed by atoms with Crippen LogP contribution in [-0.4, -0.2) is 56.1 Å². The number of halogens is 1. The molecule has 2 unspecified atom stereocenters. The lowest BCUT2D eigenvalue weighted by Crippen LogP contribution is -2.55. The third-order valence-electron chi connectivity index (χ3n) is 4.32. The van der Waals surface area contributed by atoms with Crippen LogP contribution in [0.5, 0.6) is 0 Å². The Hall–Kier alpha value is -0.970. The van der Waals surface area contributed by atoms with Gasteiger partial charge in [-0.1, -0.05) is 13.0 Å². The van der Waals surface area contributed by atoms with E-state index in [1.165, 1.54) is 0 Å². The van der Waals surface area contributed by atoms with Crippen LogP contribution in [0.25, 0.3) is 0 Å². The number of nitrogens with zero attached hydrogens (tertiary/aromatic N) is 2. The highest BCUT2D eigenvalue weighted by Gasteiger charge is 2.30. The van der Waals surface area contributed by atoms with Gasteiger partial charge in [0.05, 0.1) is 0 Å². The molecular formula is C17H28FN3. The molecule has 0 spiro atoms. The van der Waals surface area contributed by atoms with Gasteiger partial charge in [0, 0.05) is 31.7 Å². The Morgan fingerprint density at radius 1 is 1.29 bits per heavy atom. The summed E-state index contributed by atoms with van der Waals surface area (Å²) in [4.78, 5) is 4.75. The highest BCUT2D eigenvalue weighted by Crippen LogP contribution is 2.25. The summed E-state index contributed by atoms with van der Waals surface area (Å²) < 4.78 is 13.8. The molecule has 21 heavy (non-hydrogen) atoms. The molecule has 4 heteroatoms. The normalized spacial score (nSPS) is 22.4. The van der Waals surface area contributed by atoms with E-state index >= 15 is 0 Å². The van der Waals surface area contributed by atoms with Crippen molar-refractivity contribution in [2.45, 2.75) is 32.4 Å². The first kappa shape index (κ1) is 16.4. The van der Waals surface area contributed by atoms with Crippen LogP contribution in [0, 0.1) is 12.7 Å². The van der Waals surface area contributed by atoms with Gasteiger partial charge in [0.1, 0.15) is 5.82 Å². The summed E-state index contributed by atoms with van der Waals surface area (Å²) in [7, 11) is 4.33. The fourth-order valence-electron chi connectivity index (χ4n) is 3.12. The maximum Gasteiger partial charge on any atom is 0.123 e. The minimum absolute atomic E-state index is 0.139. The van der Waals surface area contributed by atoms with Crippen LogP contribution in [0.1, 0.15) is 30.5 Å². The van der Waals surface area contributed by atoms with Gasteiger partial charge in [-0.3, -0.25) is 4.90 Å². The molecule has 0 aromatic heterocycles. The molecule has 0 radical (unpaired) electrons. The van der Waals surface area contributed by atoms with Crippen molar-refractivity contribution in [3.05, 3.63) is 35.1 Å². The molecule has 2 rings (SSSR count). The molecule has 1 aliphatic heterocycles. The van der Waals surface area contributed by atoms with Gasteiger partial charge in [0.15, 0.2) is 0 Å². The summed E-state index contributed by atoms with van der Waals surface area (Å²) in [5.41, 5.74) is 2.05. The molecular weight excluding hydrogens is 265 g/mol. The Kier molecular flexibility index (Phi) is 5.73. The van der Waals surface area contributed by atoms with Gasteiger partial charge < -0.3 is 10.2 Å². The lowest BCUT2D eigenvalue weighted by atomic mass is 9.94. The van der Waals surface area contributed by atoms with E-state index in [1.807, 2.05) is 6.92 Å². The van der Waals surface area contributed by atoms with Crippen molar-refractivity contribution >= 4 is 0 Å². The third-order valence-corrected chi connectivity index (χ3v) is 4.32. The second-order valence-electron chi connectivity index (χ2n) is 6.30. The zero-order valence-corrected chi connectivity index (χ0v) is 13.7. The van der Waals surface area contributed by atoms with Gasteiger partial charge in [0.2, 0.25) is 0 Å². The van der Waals surface area contributed by atoms with Crippen molar-refractivity contribution < 1.29 is 4.39 Å². The van der Waals surface area contributed by atoms with Crippen molar-refractivity contribution in [1.29, 1.82) is 0 Å². The summed E-state index contributed by atoms with van der Waals surface area (Å²) in [6.07, 6.45) is 1.08. The van der Waals surface area contributed by atoms with Crippen molar-refractivity contribution in [2.24, 2.45) is 0 Å². The maximum atomic E-state index is 13.8. The van der Waals surface area contributed by atoms with Crippen molar-refractivity contribution in [2.75, 3.05) is 40.3 Å². The first-order chi connectivity index (χ1) is 10.0. The summed E-state index contributed by atoms with van der Waals surface area (Å²) in [6.45, 7) is 8.23. The van der Waals surface area contributed by atoms with Crippen molar-refractivity contribution in [3.8, 4) is 0 Å². The molecule has 1 aliphatic rings. The molecule has 0 amide bonds. The molecule has 1 N–H and O–H groups in total. The zero-order chi connectivity index (χ0) is 15.4. The second-order valence-corrected chi connectivity index (χ2v) is 6.30. The number of likely N-dealkylation sites (N-methyl/N-ethyl adjacent to an activating group) is 2. The molecule has 1 aromatic rings. The topological polar surface area (TPSA) is 18.5 Å². The SMILES string of the molecule is CCCNC(c1cc(C)cc(F)c1)C1CN(C)CCN1C. The Bertz CT molecular complexity index is 443. The fraction of sp³-hybridized carbons (Fsp3) is 0.647. The first-order valence-electron chi connectivity index (χ1n) is 7.90. The van der Waals surface area contributed by atoms with Gasteiger partial charge >= 0.3 is 0 Å². The number of hydrogen-bond donors (Lipinski definition) is 1. The van der Waals surface area contributed by atoms with Crippen molar-refractivity contribution in [3.63, 3.8) is 0 Å². The Balaban J connectivity index is 2.28. The van der Waals surface area contributed by atoms with E-state index in [0.717, 1.165) is 43.7 Å². The lowest BCUT2D eigenvalue weighted by molar-refractivity contribution is 0.0875. The summed E-state index contributed by atoms with van der Waals surface area (Å²) >= 11 is 0. The number of rotatable bonds is 5. The number of benzene rings is 1. The van der Waals surface area contributed by atoms with E-state index < -0.39 is 0 Å². The first-order valence-corrected chi connectivity index (χ1v) is 7.90. The molecule has 1 saturated heterocycles. The molecule has 1 heterocycles. The Morgan fingerprint density at radius 2 is 2.05 bits per heavy atom. The number of nitrogens with one attached hydrogen (secondary N) is 1. The molecule has 118 valence electrons. The monoisotopic (exact) mass is 293 g/mol. The highest BCUT2D eigenvalue weighted by molar-refractivity contribution is 5.27. The molecule has 1 aromatic carbocycles. The predicted molar refractivity (Wildman–Crippen MR) is 86.1 cm³/mol. The smallest absolute Gasteiger partial charge is 0.123 e. The van der Waals surface area contributed by atoms with E-state index in [9.17, 15) is 4.39 Å². The third kappa shape index (κ3) is 4.25. The maximum absolute atomic E-state index is 13.8. The van der Waals surface area contributed by atoms with E-state index in [-0.39, 0.29) is 11.9 Å². The van der Waals surface area contributed by atoms with E-state index in [4.69, 9.17) is 0 Å². The van der Waals surface area contributed by atoms with E-state index in [1.54, 1.807) is 12.1 Å². The molecule has 3 nitrogen and oxygen atoms in total. The lowest BCUT2D eigenvalue weighted by Gasteiger charge is -2.42. The molecule has 1 fully saturated rings. The van der Waals surface area contributed by atoms with Crippen molar-refractivity contribution in [1.82, 2.24) is 15.1 Å². The predicted octanol–water partition coefficient (Wildman–Crippen LogP) is 2.42. The minimum atomic E-state index is -0.139. The van der Waals surface area contributed by atoms with Crippen LogP contribution < -0.4 is 5.32 Å². The van der Waals surface area contributed by atoms with Gasteiger partial charge in [-0.25, -0.2) is 4.39 Å². The highest BCUT2D eigenvalue weighted by atomic mass is 19.1. The fourth-order valence-corrected chi connectivity index (χ4v) is 3.12. The number of hydrogen-bond acceptors (Lipinski definition) is 3. The molecule has 2 atom stereocenters. The summed E-state index contributed by atoms with van der Waals surface area (Å²) in [5.74, 6) is -0.139. The summed E-state index contributed by atoms with van der Waals surface area (Å²) in [6, 6.07) is 5.93. The standard InChI is InChI=1S/C17H28FN3/c1-5-6-19-17(14-9-13(2)10-15(18)11-14)16-12-20(3)7-8-21(16)4/h9-11,16-17,19H,5-8,12H2,1-4H3. The van der Waals surface area contributed by atoms with Gasteiger partial charge in [-0.2, -0.15) is 0 Å². The van der Waals surface area contributed by atoms with Crippen LogP contribution in [0.15, 0.2) is 18.2 Å². The molecule has 0 aliphatic carbocycles. The number of aryl methyl sites for hydroxylation is 1. The average Bonchev–Trinajstić information content (AvgIpc) is 2.42. The summed E-state index contributed by atoms with van der Waals surface area (Å²) in [5, 5.41) is 3.63. The Labute approximate surface area is 128 Å². The van der Waals surface area contributed by atoms with E-state index in [0.29, 0.717) is 6.04 Å². The van der Waals surface area contributed by atoms with Gasteiger partial charge in [-0.05, 0) is 57.2 Å². The number of piperazine rings is 1. The Morgan fingerprint density at radius 3 is 2.71 bits per heavy atom. The van der Waals surface area contributed by atoms with Gasteiger partial charge in [-0.15, -0.1) is 0 Å².